The van der Waals surface area contributed by atoms with Crippen LogP contribution in [-0.2, 0) is 10.8 Å². The summed E-state index contributed by atoms with van der Waals surface area (Å²) >= 11 is 0. The van der Waals surface area contributed by atoms with E-state index in [2.05, 4.69) is 92.8 Å². The highest BCUT2D eigenvalue weighted by atomic mass is 28.4. The Bertz CT molecular complexity index is 1140. The van der Waals surface area contributed by atoms with E-state index >= 15 is 0 Å². The highest BCUT2D eigenvalue weighted by Crippen LogP contribution is 2.42. The zero-order valence-electron chi connectivity index (χ0n) is 26.4. The molecule has 2 aromatic rings. The van der Waals surface area contributed by atoms with E-state index in [-0.39, 0.29) is 6.04 Å². The van der Waals surface area contributed by atoms with Crippen LogP contribution in [0.1, 0.15) is 59.1 Å². The van der Waals surface area contributed by atoms with Gasteiger partial charge in [-0.2, -0.15) is 0 Å². The van der Waals surface area contributed by atoms with Gasteiger partial charge in [-0.1, -0.05) is 66.3 Å². The third kappa shape index (κ3) is 7.86. The summed E-state index contributed by atoms with van der Waals surface area (Å²) in [5.74, 6) is 2.67. The van der Waals surface area contributed by atoms with E-state index < -0.39 is 8.32 Å². The van der Waals surface area contributed by atoms with E-state index in [1.54, 1.807) is 13.4 Å². The van der Waals surface area contributed by atoms with Crippen molar-refractivity contribution >= 4 is 26.2 Å². The number of ether oxygens (including phenoxy) is 1. The van der Waals surface area contributed by atoms with Crippen molar-refractivity contribution < 1.29 is 13.7 Å². The zero-order chi connectivity index (χ0) is 30.0. The first-order valence-corrected chi connectivity index (χ1v) is 17.2. The van der Waals surface area contributed by atoms with Crippen LogP contribution >= 0.6 is 0 Å². The van der Waals surface area contributed by atoms with Gasteiger partial charge in [0.15, 0.2) is 18.8 Å². The SMILES string of the molecule is C=CCCN(CCc1ccc(OC)cc1)c1ncnc2c1C=[N+](CC=C)[C@H](CO[Si](C(C)C)(C(C)C)C(C)C)CN2. The van der Waals surface area contributed by atoms with Crippen LogP contribution in [0.5, 0.6) is 5.75 Å². The molecule has 3 rings (SSSR count). The van der Waals surface area contributed by atoms with Crippen LogP contribution in [-0.4, -0.2) is 75.0 Å². The van der Waals surface area contributed by atoms with E-state index in [1.165, 1.54) is 5.56 Å². The van der Waals surface area contributed by atoms with Gasteiger partial charge < -0.3 is 19.4 Å². The Morgan fingerprint density at radius 3 is 2.29 bits per heavy atom. The number of aromatic nitrogens is 2. The van der Waals surface area contributed by atoms with Crippen molar-refractivity contribution in [2.45, 2.75) is 77.0 Å². The number of nitrogens with zero attached hydrogens (tertiary/aromatic N) is 4. The summed E-state index contributed by atoms with van der Waals surface area (Å²) in [5, 5.41) is 3.64. The Kier molecular flexibility index (Phi) is 12.2. The molecule has 0 saturated carbocycles. The molecule has 1 aromatic heterocycles. The normalized spacial score (nSPS) is 15.3. The lowest BCUT2D eigenvalue weighted by Crippen LogP contribution is -2.51. The number of hydrogen-bond donors (Lipinski definition) is 1. The van der Waals surface area contributed by atoms with Crippen molar-refractivity contribution in [1.29, 1.82) is 0 Å². The molecule has 7 nitrogen and oxygen atoms in total. The fourth-order valence-electron chi connectivity index (χ4n) is 6.37. The van der Waals surface area contributed by atoms with Gasteiger partial charge in [0, 0.05) is 13.1 Å². The maximum atomic E-state index is 7.06. The molecular weight excluding hydrogens is 526 g/mol. The molecule has 0 aliphatic carbocycles. The average molecular weight is 579 g/mol. The van der Waals surface area contributed by atoms with Crippen LogP contribution in [0.3, 0.4) is 0 Å². The van der Waals surface area contributed by atoms with Crippen LogP contribution in [0.2, 0.25) is 16.6 Å². The van der Waals surface area contributed by atoms with Gasteiger partial charge >= 0.3 is 0 Å². The summed E-state index contributed by atoms with van der Waals surface area (Å²) in [4.78, 5) is 11.8. The topological polar surface area (TPSA) is 62.5 Å². The largest absolute Gasteiger partial charge is 0.497 e. The van der Waals surface area contributed by atoms with Crippen LogP contribution in [0.25, 0.3) is 0 Å². The number of anilines is 2. The summed E-state index contributed by atoms with van der Waals surface area (Å²) in [6, 6.07) is 8.44. The minimum atomic E-state index is -2.00. The summed E-state index contributed by atoms with van der Waals surface area (Å²) in [6.45, 7) is 25.9. The van der Waals surface area contributed by atoms with E-state index in [1.807, 2.05) is 24.3 Å². The summed E-state index contributed by atoms with van der Waals surface area (Å²) < 4.78 is 14.7. The van der Waals surface area contributed by atoms with E-state index in [9.17, 15) is 0 Å². The average Bonchev–Trinajstić information content (AvgIpc) is 3.12. The van der Waals surface area contributed by atoms with Crippen LogP contribution in [0.15, 0.2) is 55.9 Å². The number of hydrogen-bond acceptors (Lipinski definition) is 6. The molecule has 8 heteroatoms. The number of nitrogens with one attached hydrogen (secondary N) is 1. The molecule has 0 unspecified atom stereocenters. The molecule has 1 atom stereocenters. The molecule has 0 fully saturated rings. The molecule has 1 aliphatic rings. The third-order valence-electron chi connectivity index (χ3n) is 8.44. The van der Waals surface area contributed by atoms with E-state index in [0.717, 1.165) is 62.0 Å². The first-order valence-electron chi connectivity index (χ1n) is 15.1. The van der Waals surface area contributed by atoms with Crippen molar-refractivity contribution in [2.75, 3.05) is 50.1 Å². The second-order valence-corrected chi connectivity index (χ2v) is 17.4. The lowest BCUT2D eigenvalue weighted by atomic mass is 10.1. The maximum Gasteiger partial charge on any atom is 0.200 e. The number of rotatable bonds is 16. The number of methoxy groups -OCH3 is 1. The Morgan fingerprint density at radius 1 is 1.02 bits per heavy atom. The molecule has 1 aromatic carbocycles. The molecule has 1 aliphatic heterocycles. The summed E-state index contributed by atoms with van der Waals surface area (Å²) in [6.07, 6.45) is 9.59. The molecule has 1 N–H and O–H groups in total. The van der Waals surface area contributed by atoms with Gasteiger partial charge in [-0.25, -0.2) is 14.5 Å². The predicted molar refractivity (Wildman–Crippen MR) is 176 cm³/mol. The van der Waals surface area contributed by atoms with Gasteiger partial charge in [0.2, 0.25) is 8.32 Å². The molecule has 0 radical (unpaired) electrons. The molecule has 0 amide bonds. The Hall–Kier alpha value is -2.97. The fourth-order valence-corrected chi connectivity index (χ4v) is 11.9. The molecular formula is C33H52N5O2Si+. The first kappa shape index (κ1) is 32.5. The predicted octanol–water partition coefficient (Wildman–Crippen LogP) is 6.71. The lowest BCUT2D eigenvalue weighted by Gasteiger charge is -2.42. The maximum absolute atomic E-state index is 7.06. The molecule has 41 heavy (non-hydrogen) atoms. The van der Waals surface area contributed by atoms with Gasteiger partial charge in [0.1, 0.15) is 29.3 Å². The van der Waals surface area contributed by atoms with Crippen LogP contribution in [0.4, 0.5) is 11.6 Å². The minimum Gasteiger partial charge on any atom is -0.497 e. The summed E-state index contributed by atoms with van der Waals surface area (Å²) in [7, 11) is -0.305. The zero-order valence-corrected chi connectivity index (χ0v) is 27.4. The smallest absolute Gasteiger partial charge is 0.200 e. The second kappa shape index (κ2) is 15.3. The van der Waals surface area contributed by atoms with E-state index in [4.69, 9.17) is 14.1 Å². The molecule has 0 bridgehead atoms. The van der Waals surface area contributed by atoms with Crippen LogP contribution in [0, 0.1) is 0 Å². The monoisotopic (exact) mass is 578 g/mol. The van der Waals surface area contributed by atoms with Gasteiger partial charge in [-0.3, -0.25) is 0 Å². The lowest BCUT2D eigenvalue weighted by molar-refractivity contribution is -0.550. The summed E-state index contributed by atoms with van der Waals surface area (Å²) in [5.41, 5.74) is 3.89. The number of fused-ring (bicyclic) bond motifs is 1. The fraction of sp³-hybridized carbons (Fsp3) is 0.545. The first-order chi connectivity index (χ1) is 19.7. The molecule has 224 valence electrons. The molecule has 0 spiro atoms. The minimum absolute atomic E-state index is 0.152. The number of benzene rings is 1. The highest BCUT2D eigenvalue weighted by molar-refractivity contribution is 6.77. The van der Waals surface area contributed by atoms with Crippen molar-refractivity contribution in [2.24, 2.45) is 0 Å². The Balaban J connectivity index is 1.93. The molecule has 2 heterocycles. The third-order valence-corrected chi connectivity index (χ3v) is 14.5. The second-order valence-electron chi connectivity index (χ2n) is 11.9. The highest BCUT2D eigenvalue weighted by Gasteiger charge is 2.46. The van der Waals surface area contributed by atoms with Crippen molar-refractivity contribution in [3.63, 3.8) is 0 Å². The molecule has 0 saturated heterocycles. The van der Waals surface area contributed by atoms with Gasteiger partial charge in [-0.15, -0.1) is 6.58 Å². The van der Waals surface area contributed by atoms with Gasteiger partial charge in [-0.05, 0) is 53.2 Å². The van der Waals surface area contributed by atoms with Crippen molar-refractivity contribution in [1.82, 2.24) is 9.97 Å². The van der Waals surface area contributed by atoms with Gasteiger partial charge in [0.05, 0.1) is 20.3 Å². The Morgan fingerprint density at radius 2 is 1.71 bits per heavy atom. The Labute approximate surface area is 249 Å². The van der Waals surface area contributed by atoms with Gasteiger partial charge in [0.25, 0.3) is 0 Å². The quantitative estimate of drug-likeness (QED) is 0.136. The van der Waals surface area contributed by atoms with Crippen LogP contribution < -0.4 is 15.0 Å². The van der Waals surface area contributed by atoms with E-state index in [0.29, 0.717) is 23.2 Å². The van der Waals surface area contributed by atoms with Crippen molar-refractivity contribution in [3.05, 3.63) is 67.0 Å². The van der Waals surface area contributed by atoms with Crippen molar-refractivity contribution in [3.8, 4) is 5.75 Å². The standard InChI is InChI=1S/C33H51N5O2Si/c1-10-12-19-37(20-17-28-13-15-30(39-9)16-14-28)33-31-22-38(18-11-2)29(21-34-32(31)35-24-36-33)23-40-41(25(3)4,26(5)6)27(7)8/h10-11,13-16,22,24-27,29H,1-2,12,17-21,23H2,3-9H3/p+1/t29-/m0/s1.